The molecule has 0 aromatic heterocycles. The van der Waals surface area contributed by atoms with E-state index in [4.69, 9.17) is 18.9 Å². The molecule has 0 bridgehead atoms. The molecule has 71 heavy (non-hydrogen) atoms. The number of carbonyl (C=O) groups is 1. The molecule has 6 atom stereocenters. The molecule has 0 aromatic carbocycles. The van der Waals surface area contributed by atoms with Gasteiger partial charge in [-0.2, -0.15) is 8.42 Å². The molecule has 1 fully saturated rings. The normalized spacial score (nSPS) is 18.9. The van der Waals surface area contributed by atoms with E-state index in [1.165, 1.54) is 238 Å². The van der Waals surface area contributed by atoms with E-state index in [9.17, 15) is 33.1 Å². The van der Waals surface area contributed by atoms with Gasteiger partial charge in [-0.3, -0.25) is 9.35 Å². The molecule has 1 aliphatic rings. The van der Waals surface area contributed by atoms with E-state index in [1.54, 1.807) is 0 Å². The Balaban J connectivity index is 2.25. The van der Waals surface area contributed by atoms with Crippen LogP contribution in [0.5, 0.6) is 0 Å². The molecule has 1 aliphatic heterocycles. The summed E-state index contributed by atoms with van der Waals surface area (Å²) in [7, 11) is -5.06. The summed E-state index contributed by atoms with van der Waals surface area (Å²) in [5.41, 5.74) is 0. The molecular formula is C58H114O12S. The zero-order chi connectivity index (χ0) is 51.7. The summed E-state index contributed by atoms with van der Waals surface area (Å²) >= 11 is 0. The fourth-order valence-corrected chi connectivity index (χ4v) is 10.4. The van der Waals surface area contributed by atoms with Gasteiger partial charge >= 0.3 is 16.4 Å². The third-order valence-electron chi connectivity index (χ3n) is 14.5. The van der Waals surface area contributed by atoms with Crippen LogP contribution in [0, 0.1) is 0 Å². The Morgan fingerprint density at radius 1 is 0.479 bits per heavy atom. The molecule has 12 nitrogen and oxygen atoms in total. The van der Waals surface area contributed by atoms with E-state index in [0.717, 1.165) is 38.5 Å². The molecule has 0 saturated carbocycles. The number of carbonyl (C=O) groups excluding carboxylic acids is 1. The van der Waals surface area contributed by atoms with Crippen molar-refractivity contribution < 1.29 is 56.2 Å². The molecule has 0 radical (unpaired) electrons. The van der Waals surface area contributed by atoms with Crippen LogP contribution >= 0.6 is 0 Å². The van der Waals surface area contributed by atoms with Crippen molar-refractivity contribution in [2.45, 2.75) is 340 Å². The number of aliphatic hydroxyl groups excluding tert-OH is 3. The summed E-state index contributed by atoms with van der Waals surface area (Å²) in [6.07, 6.45) is 48.6. The van der Waals surface area contributed by atoms with Crippen molar-refractivity contribution in [3.8, 4) is 0 Å². The first kappa shape index (κ1) is 68.1. The van der Waals surface area contributed by atoms with Gasteiger partial charge in [0.15, 0.2) is 6.29 Å². The van der Waals surface area contributed by atoms with Gasteiger partial charge in [-0.15, -0.1) is 0 Å². The highest BCUT2D eigenvalue weighted by atomic mass is 32.3. The number of ether oxygens (including phenoxy) is 4. The minimum atomic E-state index is -5.06. The Morgan fingerprint density at radius 2 is 0.803 bits per heavy atom. The van der Waals surface area contributed by atoms with Crippen molar-refractivity contribution in [2.24, 2.45) is 0 Å². The monoisotopic (exact) mass is 1030 g/mol. The number of hydrogen-bond acceptors (Lipinski definition) is 11. The Morgan fingerprint density at radius 3 is 1.13 bits per heavy atom. The number of rotatable bonds is 55. The second-order valence-electron chi connectivity index (χ2n) is 21.3. The number of unbranched alkanes of at least 4 members (excludes halogenated alkanes) is 42. The highest BCUT2D eigenvalue weighted by Crippen LogP contribution is 2.26. The van der Waals surface area contributed by atoms with E-state index in [-0.39, 0.29) is 25.6 Å². The van der Waals surface area contributed by atoms with Gasteiger partial charge in [0.25, 0.3) is 0 Å². The average molecular weight is 1040 g/mol. The van der Waals surface area contributed by atoms with Gasteiger partial charge in [0.2, 0.25) is 0 Å². The van der Waals surface area contributed by atoms with Crippen molar-refractivity contribution in [3.63, 3.8) is 0 Å². The van der Waals surface area contributed by atoms with Crippen LogP contribution in [0.1, 0.15) is 303 Å². The molecule has 4 N–H and O–H groups in total. The van der Waals surface area contributed by atoms with Crippen molar-refractivity contribution in [1.29, 1.82) is 0 Å². The van der Waals surface area contributed by atoms with Gasteiger partial charge in [0, 0.05) is 13.0 Å². The molecule has 13 heteroatoms. The van der Waals surface area contributed by atoms with E-state index in [0.29, 0.717) is 13.0 Å². The smallest absolute Gasteiger partial charge is 0.397 e. The molecule has 1 saturated heterocycles. The SMILES string of the molecule is CCCCCCCCCCCCCCCCCCCCCCCCCC(=O)OC(COCCCCCCCCCCCCCCCCCCCCCCC)COC1OC(CO)C(O)C(OS(=O)(=O)O)C1O. The largest absolute Gasteiger partial charge is 0.457 e. The molecule has 0 aromatic rings. The lowest BCUT2D eigenvalue weighted by Gasteiger charge is -2.41. The molecule has 424 valence electrons. The maximum Gasteiger partial charge on any atom is 0.397 e. The minimum Gasteiger partial charge on any atom is -0.457 e. The lowest BCUT2D eigenvalue weighted by atomic mass is 9.99. The summed E-state index contributed by atoms with van der Waals surface area (Å²) < 4.78 is 59.5. The Kier molecular flexibility index (Phi) is 47.9. The zero-order valence-electron chi connectivity index (χ0n) is 46.1. The predicted molar refractivity (Wildman–Crippen MR) is 290 cm³/mol. The minimum absolute atomic E-state index is 0.0458. The molecular weight excluding hydrogens is 921 g/mol. The molecule has 1 rings (SSSR count). The van der Waals surface area contributed by atoms with Crippen LogP contribution in [-0.2, 0) is 38.3 Å². The second kappa shape index (κ2) is 49.9. The molecule has 0 aliphatic carbocycles. The van der Waals surface area contributed by atoms with Crippen molar-refractivity contribution >= 4 is 16.4 Å². The van der Waals surface area contributed by atoms with E-state index in [2.05, 4.69) is 18.0 Å². The maximum atomic E-state index is 13.0. The molecule has 6 unspecified atom stereocenters. The van der Waals surface area contributed by atoms with Gasteiger partial charge < -0.3 is 34.3 Å². The first-order valence-corrected chi connectivity index (χ1v) is 31.7. The number of hydrogen-bond donors (Lipinski definition) is 4. The van der Waals surface area contributed by atoms with Gasteiger partial charge in [-0.05, 0) is 12.8 Å². The molecule has 0 spiro atoms. The van der Waals surface area contributed by atoms with Gasteiger partial charge in [-0.1, -0.05) is 284 Å². The van der Waals surface area contributed by atoms with E-state index in [1.807, 2.05) is 0 Å². The molecule has 1 heterocycles. The Labute approximate surface area is 436 Å². The van der Waals surface area contributed by atoms with E-state index >= 15 is 0 Å². The van der Waals surface area contributed by atoms with Crippen molar-refractivity contribution in [3.05, 3.63) is 0 Å². The highest BCUT2D eigenvalue weighted by Gasteiger charge is 2.48. The number of aliphatic hydroxyl groups is 3. The second-order valence-corrected chi connectivity index (χ2v) is 22.4. The average Bonchev–Trinajstić information content (AvgIpc) is 3.35. The molecule has 0 amide bonds. The third-order valence-corrected chi connectivity index (χ3v) is 14.9. The topological polar surface area (TPSA) is 178 Å². The fourth-order valence-electron chi connectivity index (χ4n) is 9.91. The van der Waals surface area contributed by atoms with E-state index < -0.39 is 53.8 Å². The summed E-state index contributed by atoms with van der Waals surface area (Å²) in [5, 5.41) is 30.9. The maximum absolute atomic E-state index is 13.0. The van der Waals surface area contributed by atoms with Gasteiger partial charge in [0.1, 0.15) is 30.5 Å². The van der Waals surface area contributed by atoms with Crippen LogP contribution in [0.2, 0.25) is 0 Å². The Hall–Kier alpha value is -0.900. The van der Waals surface area contributed by atoms with Crippen LogP contribution in [0.3, 0.4) is 0 Å². The highest BCUT2D eigenvalue weighted by molar-refractivity contribution is 7.80. The lowest BCUT2D eigenvalue weighted by Crippen LogP contribution is -2.60. The van der Waals surface area contributed by atoms with Crippen LogP contribution in [0.25, 0.3) is 0 Å². The number of esters is 1. The Bertz CT molecular complexity index is 1240. The van der Waals surface area contributed by atoms with Gasteiger partial charge in [-0.25, -0.2) is 4.18 Å². The van der Waals surface area contributed by atoms with Crippen LogP contribution in [0.4, 0.5) is 0 Å². The van der Waals surface area contributed by atoms with Crippen LogP contribution in [0.15, 0.2) is 0 Å². The van der Waals surface area contributed by atoms with Crippen molar-refractivity contribution in [1.82, 2.24) is 0 Å². The standard InChI is InChI=1S/C58H114O12S/c1-3-5-7-9-11-13-15-17-19-21-23-25-26-27-29-31-33-35-37-39-41-43-45-47-54(60)68-52(51-67-58-56(62)57(70-71(63,64)65)55(61)53(49-59)69-58)50-66-48-46-44-42-40-38-36-34-32-30-28-24-22-20-18-16-14-12-10-8-6-4-2/h52-53,55-59,61-62H,3-51H2,1-2H3,(H,63,64,65). The fraction of sp³-hybridized carbons (Fsp3) is 0.983. The van der Waals surface area contributed by atoms with Crippen molar-refractivity contribution in [2.75, 3.05) is 26.4 Å². The first-order chi connectivity index (χ1) is 34.6. The summed E-state index contributed by atoms with van der Waals surface area (Å²) in [6, 6.07) is 0. The lowest BCUT2D eigenvalue weighted by molar-refractivity contribution is -0.301. The third kappa shape index (κ3) is 43.0. The predicted octanol–water partition coefficient (Wildman–Crippen LogP) is 15.2. The van der Waals surface area contributed by atoms with Crippen LogP contribution in [-0.4, -0.2) is 97.5 Å². The van der Waals surface area contributed by atoms with Crippen LogP contribution < -0.4 is 0 Å². The first-order valence-electron chi connectivity index (χ1n) is 30.3. The zero-order valence-corrected chi connectivity index (χ0v) is 46.9. The van der Waals surface area contributed by atoms with Gasteiger partial charge in [0.05, 0.1) is 19.8 Å². The summed E-state index contributed by atoms with van der Waals surface area (Å²) in [6.45, 7) is 4.09. The quantitative estimate of drug-likeness (QED) is 0.0258. The summed E-state index contributed by atoms with van der Waals surface area (Å²) in [5.74, 6) is -0.388. The summed E-state index contributed by atoms with van der Waals surface area (Å²) in [4.78, 5) is 13.0.